The number of aliphatic hydroxyl groups excluding tert-OH is 2. The number of aromatic nitrogens is 5. The molecule has 3 aromatic heterocycles. The molecule has 11 nitrogen and oxygen atoms in total. The summed E-state index contributed by atoms with van der Waals surface area (Å²) in [7, 11) is 0. The van der Waals surface area contributed by atoms with Crippen LogP contribution in [0.3, 0.4) is 0 Å². The number of anilines is 1. The predicted octanol–water partition coefficient (Wildman–Crippen LogP) is 2.99. The molecule has 196 valence electrons. The molecule has 0 spiro atoms. The molecule has 13 heteroatoms. The van der Waals surface area contributed by atoms with Gasteiger partial charge in [-0.15, -0.1) is 0 Å². The fourth-order valence-electron chi connectivity index (χ4n) is 4.20. The molecular formula is C25H23Cl2N7O4. The summed E-state index contributed by atoms with van der Waals surface area (Å²) < 4.78 is 7.19. The van der Waals surface area contributed by atoms with Crippen molar-refractivity contribution in [2.75, 3.05) is 5.32 Å². The van der Waals surface area contributed by atoms with Crippen LogP contribution in [0, 0.1) is 6.92 Å². The van der Waals surface area contributed by atoms with Crippen molar-refractivity contribution in [3.63, 3.8) is 0 Å². The Labute approximate surface area is 227 Å². The molecule has 1 aliphatic heterocycles. The second kappa shape index (κ2) is 10.6. The standard InChI is InChI=1S/C25H23Cl2N7O4/c1-3-29-24(37)20-18(35)19(36)25(38-20)34-11-31-17-22(30-9-13-6-12(2)4-5-16(13)27)32-21(33-23(17)34)14-7-15(26)10-28-8-14/h3-8,10-11,18-20,25,35-36H,1,9H2,2H3,(H,29,37)(H,30,32,33)/t18-,19+,20-,25+/m0/s1. The maximum Gasteiger partial charge on any atom is 0.255 e. The smallest absolute Gasteiger partial charge is 0.255 e. The van der Waals surface area contributed by atoms with Gasteiger partial charge in [-0.2, -0.15) is 0 Å². The van der Waals surface area contributed by atoms with E-state index < -0.39 is 30.4 Å². The number of aliphatic hydroxyl groups is 2. The summed E-state index contributed by atoms with van der Waals surface area (Å²) in [5.41, 5.74) is 3.11. The van der Waals surface area contributed by atoms with E-state index in [4.69, 9.17) is 27.9 Å². The molecule has 0 radical (unpaired) electrons. The number of imidazole rings is 1. The van der Waals surface area contributed by atoms with Gasteiger partial charge < -0.3 is 25.6 Å². The monoisotopic (exact) mass is 555 g/mol. The van der Waals surface area contributed by atoms with Crippen LogP contribution < -0.4 is 10.6 Å². The van der Waals surface area contributed by atoms with Crippen LogP contribution in [0.2, 0.25) is 10.0 Å². The van der Waals surface area contributed by atoms with Crippen molar-refractivity contribution in [2.45, 2.75) is 38.0 Å². The summed E-state index contributed by atoms with van der Waals surface area (Å²) in [5.74, 6) is 0.0209. The van der Waals surface area contributed by atoms with E-state index in [-0.39, 0.29) is 11.5 Å². The van der Waals surface area contributed by atoms with E-state index in [1.54, 1.807) is 12.3 Å². The first-order chi connectivity index (χ1) is 18.3. The van der Waals surface area contributed by atoms with E-state index in [0.717, 1.165) is 11.1 Å². The van der Waals surface area contributed by atoms with Crippen LogP contribution in [-0.4, -0.2) is 58.9 Å². The maximum absolute atomic E-state index is 12.3. The van der Waals surface area contributed by atoms with Gasteiger partial charge in [0.05, 0.1) is 11.3 Å². The summed E-state index contributed by atoms with van der Waals surface area (Å²) in [4.78, 5) is 30.2. The third-order valence-electron chi connectivity index (χ3n) is 6.05. The lowest BCUT2D eigenvalue weighted by atomic mass is 10.1. The van der Waals surface area contributed by atoms with Crippen LogP contribution in [0.1, 0.15) is 17.4 Å². The number of amides is 1. The molecule has 0 aliphatic carbocycles. The van der Waals surface area contributed by atoms with Crippen LogP contribution >= 0.6 is 23.2 Å². The highest BCUT2D eigenvalue weighted by atomic mass is 35.5. The third kappa shape index (κ3) is 4.94. The number of benzene rings is 1. The maximum atomic E-state index is 12.3. The Morgan fingerprint density at radius 3 is 2.79 bits per heavy atom. The van der Waals surface area contributed by atoms with Crippen molar-refractivity contribution < 1.29 is 19.7 Å². The van der Waals surface area contributed by atoms with Crippen LogP contribution in [0.5, 0.6) is 0 Å². The molecule has 4 atom stereocenters. The fourth-order valence-corrected chi connectivity index (χ4v) is 4.55. The Balaban J connectivity index is 1.58. The van der Waals surface area contributed by atoms with Crippen molar-refractivity contribution in [1.29, 1.82) is 0 Å². The lowest BCUT2D eigenvalue weighted by molar-refractivity contribution is -0.136. The first-order valence-corrected chi connectivity index (χ1v) is 12.3. The zero-order valence-corrected chi connectivity index (χ0v) is 21.6. The number of ether oxygens (including phenoxy) is 1. The second-order valence-electron chi connectivity index (χ2n) is 8.70. The largest absolute Gasteiger partial charge is 0.387 e. The molecule has 4 heterocycles. The highest BCUT2D eigenvalue weighted by Crippen LogP contribution is 2.34. The molecule has 1 saturated heterocycles. The minimum Gasteiger partial charge on any atom is -0.387 e. The molecule has 4 N–H and O–H groups in total. The molecule has 1 aliphatic rings. The van der Waals surface area contributed by atoms with E-state index in [9.17, 15) is 15.0 Å². The molecular weight excluding hydrogens is 533 g/mol. The normalized spacial score (nSPS) is 21.0. The average Bonchev–Trinajstić information content (AvgIpc) is 3.45. The predicted molar refractivity (Wildman–Crippen MR) is 141 cm³/mol. The molecule has 1 fully saturated rings. The molecule has 5 rings (SSSR count). The number of nitrogens with zero attached hydrogens (tertiary/aromatic N) is 5. The number of hydrogen-bond donors (Lipinski definition) is 4. The summed E-state index contributed by atoms with van der Waals surface area (Å²) in [6, 6.07) is 7.37. The highest BCUT2D eigenvalue weighted by Gasteiger charge is 2.47. The number of carbonyl (C=O) groups excluding carboxylic acids is 1. The minimum absolute atomic E-state index is 0.279. The Morgan fingerprint density at radius 2 is 2.03 bits per heavy atom. The molecule has 0 unspecified atom stereocenters. The van der Waals surface area contributed by atoms with Crippen molar-refractivity contribution in [2.24, 2.45) is 0 Å². The molecule has 4 aromatic rings. The molecule has 38 heavy (non-hydrogen) atoms. The molecule has 1 aromatic carbocycles. The zero-order valence-electron chi connectivity index (χ0n) is 20.0. The van der Waals surface area contributed by atoms with Crippen molar-refractivity contribution >= 4 is 46.1 Å². The highest BCUT2D eigenvalue weighted by molar-refractivity contribution is 6.31. The third-order valence-corrected chi connectivity index (χ3v) is 6.62. The topological polar surface area (TPSA) is 147 Å². The van der Waals surface area contributed by atoms with Gasteiger partial charge in [0.15, 0.2) is 35.1 Å². The Hall–Kier alpha value is -3.61. The average molecular weight is 556 g/mol. The quantitative estimate of drug-likeness (QED) is 0.270. The van der Waals surface area contributed by atoms with Gasteiger partial charge in [-0.1, -0.05) is 47.5 Å². The summed E-state index contributed by atoms with van der Waals surface area (Å²) in [5, 5.41) is 27.9. The number of nitrogens with one attached hydrogen (secondary N) is 2. The van der Waals surface area contributed by atoms with Gasteiger partial charge in [0.1, 0.15) is 12.2 Å². The van der Waals surface area contributed by atoms with Crippen LogP contribution in [0.25, 0.3) is 22.6 Å². The van der Waals surface area contributed by atoms with Crippen molar-refractivity contribution in [3.8, 4) is 11.4 Å². The van der Waals surface area contributed by atoms with E-state index in [1.165, 1.54) is 23.3 Å². The van der Waals surface area contributed by atoms with E-state index in [1.807, 2.05) is 25.1 Å². The Morgan fingerprint density at radius 1 is 1.21 bits per heavy atom. The summed E-state index contributed by atoms with van der Waals surface area (Å²) in [6.45, 7) is 5.75. The lowest BCUT2D eigenvalue weighted by Crippen LogP contribution is -2.40. The number of hydrogen-bond acceptors (Lipinski definition) is 9. The van der Waals surface area contributed by atoms with E-state index in [2.05, 4.69) is 37.1 Å². The molecule has 0 saturated carbocycles. The lowest BCUT2D eigenvalue weighted by Gasteiger charge is -2.17. The number of fused-ring (bicyclic) bond motifs is 1. The van der Waals surface area contributed by atoms with Gasteiger partial charge in [-0.05, 0) is 30.8 Å². The summed E-state index contributed by atoms with van der Waals surface area (Å²) in [6.07, 6.45) is 0.208. The van der Waals surface area contributed by atoms with Gasteiger partial charge >= 0.3 is 0 Å². The van der Waals surface area contributed by atoms with E-state index >= 15 is 0 Å². The fraction of sp³-hybridized carbons (Fsp3) is 0.240. The van der Waals surface area contributed by atoms with Crippen molar-refractivity contribution in [3.05, 3.63) is 76.9 Å². The van der Waals surface area contributed by atoms with Crippen LogP contribution in [0.4, 0.5) is 5.82 Å². The Bertz CT molecular complexity index is 1530. The summed E-state index contributed by atoms with van der Waals surface area (Å²) >= 11 is 12.5. The Kier molecular flexibility index (Phi) is 7.28. The van der Waals surface area contributed by atoms with Crippen molar-refractivity contribution in [1.82, 2.24) is 29.8 Å². The first-order valence-electron chi connectivity index (χ1n) is 11.5. The van der Waals surface area contributed by atoms with Crippen LogP contribution in [-0.2, 0) is 16.1 Å². The number of carbonyl (C=O) groups is 1. The van der Waals surface area contributed by atoms with E-state index in [0.29, 0.717) is 33.5 Å². The van der Waals surface area contributed by atoms with Gasteiger partial charge in [0.2, 0.25) is 0 Å². The SMILES string of the molecule is C=CNC(=O)[C@H]1O[C@@H](n2cnc3c(NCc4cc(C)ccc4Cl)nc(-c4cncc(Cl)c4)nc32)[C@H](O)[C@@H]1O. The minimum atomic E-state index is -1.49. The van der Waals surface area contributed by atoms with Crippen LogP contribution in [0.15, 0.2) is 55.8 Å². The van der Waals surface area contributed by atoms with Gasteiger partial charge in [-0.3, -0.25) is 14.3 Å². The number of pyridine rings is 1. The molecule has 1 amide bonds. The second-order valence-corrected chi connectivity index (χ2v) is 9.54. The van der Waals surface area contributed by atoms with Gasteiger partial charge in [-0.25, -0.2) is 15.0 Å². The van der Waals surface area contributed by atoms with Gasteiger partial charge in [0.25, 0.3) is 5.91 Å². The number of rotatable bonds is 7. The molecule has 0 bridgehead atoms. The number of halogens is 2. The number of aryl methyl sites for hydroxylation is 1. The zero-order chi connectivity index (χ0) is 27.0. The van der Waals surface area contributed by atoms with Gasteiger partial charge in [0, 0.05) is 29.5 Å². The first kappa shape index (κ1) is 26.0.